The third-order valence-corrected chi connectivity index (χ3v) is 5.23. The van der Waals surface area contributed by atoms with Crippen molar-refractivity contribution in [2.45, 2.75) is 90.4 Å². The van der Waals surface area contributed by atoms with Crippen molar-refractivity contribution < 1.29 is 19.0 Å². The Bertz CT molecular complexity index is 597. The van der Waals surface area contributed by atoms with Crippen LogP contribution in [0.1, 0.15) is 79.2 Å². The third-order valence-electron chi connectivity index (χ3n) is 5.23. The third kappa shape index (κ3) is 5.77. The molecule has 1 aromatic heterocycles. The predicted molar refractivity (Wildman–Crippen MR) is 103 cm³/mol. The van der Waals surface area contributed by atoms with E-state index >= 15 is 0 Å². The maximum atomic E-state index is 9.60. The van der Waals surface area contributed by atoms with Gasteiger partial charge in [0.05, 0.1) is 23.4 Å². The molecule has 7 nitrogen and oxygen atoms in total. The van der Waals surface area contributed by atoms with Gasteiger partial charge in [-0.25, -0.2) is 0 Å². The average Bonchev–Trinajstić information content (AvgIpc) is 3.11. The zero-order chi connectivity index (χ0) is 20.3. The van der Waals surface area contributed by atoms with Gasteiger partial charge in [0.1, 0.15) is 5.60 Å². The minimum atomic E-state index is -0.318. The smallest absolute Gasteiger partial charge is 0.293 e. The van der Waals surface area contributed by atoms with Crippen LogP contribution in [0.5, 0.6) is 0 Å². The second-order valence-corrected chi connectivity index (χ2v) is 9.15. The van der Waals surface area contributed by atoms with Crippen LogP contribution < -0.4 is 5.32 Å². The number of carbonyl (C=O) groups excluding carboxylic acids is 1. The zero-order valence-corrected chi connectivity index (χ0v) is 17.7. The molecule has 0 aliphatic carbocycles. The van der Waals surface area contributed by atoms with Crippen LogP contribution in [0, 0.1) is 0 Å². The van der Waals surface area contributed by atoms with Crippen LogP contribution in [-0.2, 0) is 19.0 Å². The summed E-state index contributed by atoms with van der Waals surface area (Å²) in [7, 11) is 0. The molecule has 2 fully saturated rings. The molecule has 1 aromatic rings. The number of hydrogen-bond donors (Lipinski definition) is 1. The molecule has 0 aromatic carbocycles. The first-order valence-corrected chi connectivity index (χ1v) is 9.67. The molecule has 7 heteroatoms. The highest BCUT2D eigenvalue weighted by molar-refractivity contribution is 5.37. The molecule has 2 aliphatic rings. The van der Waals surface area contributed by atoms with Crippen LogP contribution in [0.15, 0.2) is 12.4 Å². The highest BCUT2D eigenvalue weighted by atomic mass is 16.7. The van der Waals surface area contributed by atoms with E-state index in [4.69, 9.17) is 9.47 Å². The summed E-state index contributed by atoms with van der Waals surface area (Å²) in [5, 5.41) is 7.89. The topological polar surface area (TPSA) is 74.6 Å². The fourth-order valence-corrected chi connectivity index (χ4v) is 2.87. The summed E-state index contributed by atoms with van der Waals surface area (Å²) in [6.07, 6.45) is 5.91. The predicted octanol–water partition coefficient (Wildman–Crippen LogP) is 3.37. The van der Waals surface area contributed by atoms with Crippen molar-refractivity contribution in [1.82, 2.24) is 15.1 Å². The lowest BCUT2D eigenvalue weighted by molar-refractivity contribution is -0.138. The van der Waals surface area contributed by atoms with Crippen LogP contribution in [0.25, 0.3) is 0 Å². The molecule has 0 unspecified atom stereocenters. The first kappa shape index (κ1) is 21.9. The molecule has 0 spiro atoms. The standard InChI is InChI=1S/C15H25N3O2.C5H10O2/c1-14(2)15(3,4)20-13(19-14)11-9-17-18(10-11)12-5-7-16-8-6-12;1-5(2,3)7-4-6/h9-10,12-13,16H,5-8H2,1-4H3;4H,1-3H3. The number of ether oxygens (including phenoxy) is 3. The van der Waals surface area contributed by atoms with Gasteiger partial charge in [-0.15, -0.1) is 0 Å². The molecule has 0 bridgehead atoms. The first-order valence-electron chi connectivity index (χ1n) is 9.67. The molecule has 0 atom stereocenters. The van der Waals surface area contributed by atoms with Crippen LogP contribution >= 0.6 is 0 Å². The molecular formula is C20H35N3O4. The molecule has 27 heavy (non-hydrogen) atoms. The van der Waals surface area contributed by atoms with Gasteiger partial charge >= 0.3 is 0 Å². The second-order valence-electron chi connectivity index (χ2n) is 9.15. The van der Waals surface area contributed by atoms with E-state index in [-0.39, 0.29) is 23.1 Å². The monoisotopic (exact) mass is 381 g/mol. The minimum Gasteiger partial charge on any atom is -0.462 e. The largest absolute Gasteiger partial charge is 0.462 e. The van der Waals surface area contributed by atoms with E-state index in [0.717, 1.165) is 31.5 Å². The summed E-state index contributed by atoms with van der Waals surface area (Å²) in [6, 6.07) is 0.493. The van der Waals surface area contributed by atoms with Gasteiger partial charge in [-0.05, 0) is 74.4 Å². The van der Waals surface area contributed by atoms with Crippen LogP contribution in [0.4, 0.5) is 0 Å². The molecule has 0 saturated carbocycles. The summed E-state index contributed by atoms with van der Waals surface area (Å²) in [5.41, 5.74) is 0.104. The lowest BCUT2D eigenvalue weighted by atomic mass is 9.90. The molecule has 154 valence electrons. The molecular weight excluding hydrogens is 346 g/mol. The summed E-state index contributed by atoms with van der Waals surface area (Å²) >= 11 is 0. The Hall–Kier alpha value is -1.44. The van der Waals surface area contributed by atoms with Gasteiger partial charge in [0.2, 0.25) is 0 Å². The highest BCUT2D eigenvalue weighted by Gasteiger charge is 2.49. The molecule has 3 rings (SSSR count). The van der Waals surface area contributed by atoms with Gasteiger partial charge in [0, 0.05) is 11.8 Å². The van der Waals surface area contributed by atoms with Crippen LogP contribution in [0.2, 0.25) is 0 Å². The highest BCUT2D eigenvalue weighted by Crippen LogP contribution is 2.44. The van der Waals surface area contributed by atoms with Gasteiger partial charge in [0.25, 0.3) is 6.47 Å². The molecule has 2 aliphatic heterocycles. The summed E-state index contributed by atoms with van der Waals surface area (Å²) in [6.45, 7) is 16.3. The second kappa shape index (κ2) is 8.29. The molecule has 2 saturated heterocycles. The average molecular weight is 382 g/mol. The minimum absolute atomic E-state index is 0.297. The van der Waals surface area contributed by atoms with Crippen molar-refractivity contribution in [2.24, 2.45) is 0 Å². The van der Waals surface area contributed by atoms with E-state index in [9.17, 15) is 4.79 Å². The Kier molecular flexibility index (Phi) is 6.71. The lowest BCUT2D eigenvalue weighted by Gasteiger charge is -2.30. The maximum absolute atomic E-state index is 9.60. The number of rotatable bonds is 3. The molecule has 1 N–H and O–H groups in total. The van der Waals surface area contributed by atoms with Crippen molar-refractivity contribution in [3.05, 3.63) is 18.0 Å². The van der Waals surface area contributed by atoms with Gasteiger partial charge in [-0.2, -0.15) is 5.10 Å². The van der Waals surface area contributed by atoms with E-state index in [0.29, 0.717) is 12.5 Å². The van der Waals surface area contributed by atoms with E-state index in [1.165, 1.54) is 0 Å². The van der Waals surface area contributed by atoms with E-state index in [1.807, 2.05) is 27.0 Å². The summed E-state index contributed by atoms with van der Waals surface area (Å²) in [5.74, 6) is 0. The SMILES string of the molecule is CC(C)(C)OC=O.CC1(C)OC(c2cnn(C3CCNCC3)c2)OC1(C)C. The Morgan fingerprint density at radius 3 is 2.19 bits per heavy atom. The van der Waals surface area contributed by atoms with Gasteiger partial charge in [0.15, 0.2) is 6.29 Å². The number of hydrogen-bond acceptors (Lipinski definition) is 6. The van der Waals surface area contributed by atoms with Gasteiger partial charge in [-0.3, -0.25) is 9.48 Å². The van der Waals surface area contributed by atoms with Crippen LogP contribution in [0.3, 0.4) is 0 Å². The first-order chi connectivity index (χ1) is 12.5. The summed E-state index contributed by atoms with van der Waals surface area (Å²) < 4.78 is 18.7. The van der Waals surface area contributed by atoms with E-state index < -0.39 is 0 Å². The van der Waals surface area contributed by atoms with Crippen molar-refractivity contribution in [3.8, 4) is 0 Å². The number of nitrogens with zero attached hydrogens (tertiary/aromatic N) is 2. The van der Waals surface area contributed by atoms with Crippen molar-refractivity contribution in [3.63, 3.8) is 0 Å². The fourth-order valence-electron chi connectivity index (χ4n) is 2.87. The normalized spacial score (nSPS) is 22.8. The Morgan fingerprint density at radius 1 is 1.19 bits per heavy atom. The van der Waals surface area contributed by atoms with Crippen molar-refractivity contribution >= 4 is 6.47 Å². The quantitative estimate of drug-likeness (QED) is 0.809. The summed E-state index contributed by atoms with van der Waals surface area (Å²) in [4.78, 5) is 9.60. The Labute approximate surface area is 162 Å². The Balaban J connectivity index is 0.000000321. The number of carbonyl (C=O) groups is 1. The molecule has 0 radical (unpaired) electrons. The lowest BCUT2D eigenvalue weighted by Crippen LogP contribution is -2.41. The number of piperidine rings is 1. The number of nitrogens with one attached hydrogen (secondary N) is 1. The fraction of sp³-hybridized carbons (Fsp3) is 0.800. The van der Waals surface area contributed by atoms with Gasteiger partial charge < -0.3 is 19.5 Å². The van der Waals surface area contributed by atoms with Crippen molar-refractivity contribution in [1.29, 1.82) is 0 Å². The zero-order valence-electron chi connectivity index (χ0n) is 17.7. The maximum Gasteiger partial charge on any atom is 0.293 e. The van der Waals surface area contributed by atoms with E-state index in [1.54, 1.807) is 0 Å². The van der Waals surface area contributed by atoms with E-state index in [2.05, 4.69) is 53.7 Å². The molecule has 0 amide bonds. The van der Waals surface area contributed by atoms with Gasteiger partial charge in [-0.1, -0.05) is 0 Å². The van der Waals surface area contributed by atoms with Crippen LogP contribution in [-0.4, -0.2) is 46.1 Å². The van der Waals surface area contributed by atoms with Crippen molar-refractivity contribution in [2.75, 3.05) is 13.1 Å². The Morgan fingerprint density at radius 2 is 1.74 bits per heavy atom. The number of aromatic nitrogens is 2. The molecule has 3 heterocycles.